The molecule has 21 nitrogen and oxygen atoms in total. The predicted molar refractivity (Wildman–Crippen MR) is 273 cm³/mol. The van der Waals surface area contributed by atoms with Crippen LogP contribution in [-0.2, 0) is 67.6 Å². The molecule has 4 aromatic carbocycles. The van der Waals surface area contributed by atoms with E-state index < -0.39 is 72.8 Å². The lowest BCUT2D eigenvalue weighted by molar-refractivity contribution is -0.139. The number of carbonyl (C=O) groups excluding carboxylic acids is 3. The number of nitrogens with one attached hydrogen (secondary N) is 4. The van der Waals surface area contributed by atoms with Crippen molar-refractivity contribution in [3.63, 3.8) is 0 Å². The minimum absolute atomic E-state index is 0.0208. The second kappa shape index (κ2) is 33.7. The molecule has 0 saturated heterocycles. The van der Waals surface area contributed by atoms with E-state index in [2.05, 4.69) is 20.2 Å². The molecule has 0 aromatic heterocycles. The Bertz CT molecular complexity index is 2820. The first-order chi connectivity index (χ1) is 37.3. The fourth-order valence-electron chi connectivity index (χ4n) is 6.25. The maximum absolute atomic E-state index is 14.7. The molecule has 27 heteroatoms. The van der Waals surface area contributed by atoms with Gasteiger partial charge in [-0.15, -0.1) is 0 Å². The summed E-state index contributed by atoms with van der Waals surface area (Å²) in [5.74, 6) is -6.86. The number of hydrogen-bond acceptors (Lipinski definition) is 17. The Balaban J connectivity index is 0.940. The zero-order chi connectivity index (χ0) is 56.9. The van der Waals surface area contributed by atoms with Crippen LogP contribution in [0, 0.1) is 23.3 Å². The first-order valence-electron chi connectivity index (χ1n) is 24.1. The SMILES string of the molecule is CCOC(=O)C(C)=Cc1cc(F)c(Oc2ccc(S(=O)(=O)NCCOCCOCCOCCNC(=O)NOCCOCCOCCNS(=O)(=O)c3ccc(Oc4c(F)cc(C=C(C)C(=O)OCC)cc4F)cc3)cc2)c(F)c1. The molecule has 0 aliphatic carbocycles. The Hall–Kier alpha value is -6.53. The zero-order valence-corrected chi connectivity index (χ0v) is 44.8. The average Bonchev–Trinajstić information content (AvgIpc) is 3.41. The number of benzene rings is 4. The van der Waals surface area contributed by atoms with E-state index >= 15 is 0 Å². The van der Waals surface area contributed by atoms with Gasteiger partial charge in [-0.2, -0.15) is 0 Å². The van der Waals surface area contributed by atoms with Crippen molar-refractivity contribution < 1.29 is 96.3 Å². The predicted octanol–water partition coefficient (Wildman–Crippen LogP) is 6.33. The van der Waals surface area contributed by atoms with Crippen LogP contribution in [0.5, 0.6) is 23.0 Å². The molecule has 0 atom stereocenters. The van der Waals surface area contributed by atoms with Gasteiger partial charge in [0, 0.05) is 30.8 Å². The summed E-state index contributed by atoms with van der Waals surface area (Å²) in [6, 6.07) is 13.1. The highest BCUT2D eigenvalue weighted by atomic mass is 32.2. The normalized spacial score (nSPS) is 12.1. The summed E-state index contributed by atoms with van der Waals surface area (Å²) in [6.45, 7) is 8.03. The third-order valence-electron chi connectivity index (χ3n) is 9.93. The lowest BCUT2D eigenvalue weighted by Crippen LogP contribution is -2.38. The quantitative estimate of drug-likeness (QED) is 0.0127. The maximum Gasteiger partial charge on any atom is 0.338 e. The molecule has 0 fully saturated rings. The third kappa shape index (κ3) is 22.8. The van der Waals surface area contributed by atoms with Gasteiger partial charge in [0.25, 0.3) is 0 Å². The Morgan fingerprint density at radius 3 is 1.18 bits per heavy atom. The molecule has 4 N–H and O–H groups in total. The number of halogens is 4. The summed E-state index contributed by atoms with van der Waals surface area (Å²) in [5.41, 5.74) is 2.64. The second-order valence-corrected chi connectivity index (χ2v) is 19.5. The van der Waals surface area contributed by atoms with Crippen LogP contribution >= 0.6 is 0 Å². The Morgan fingerprint density at radius 2 is 0.821 bits per heavy atom. The van der Waals surface area contributed by atoms with E-state index in [0.29, 0.717) is 0 Å². The van der Waals surface area contributed by atoms with Crippen molar-refractivity contribution in [2.45, 2.75) is 37.5 Å². The van der Waals surface area contributed by atoms with Gasteiger partial charge < -0.3 is 47.9 Å². The summed E-state index contributed by atoms with van der Waals surface area (Å²) in [6.07, 6.45) is 2.54. The van der Waals surface area contributed by atoms with Crippen LogP contribution in [0.15, 0.2) is 93.7 Å². The Morgan fingerprint density at radius 1 is 0.487 bits per heavy atom. The lowest BCUT2D eigenvalue weighted by atomic mass is 10.1. The zero-order valence-electron chi connectivity index (χ0n) is 43.2. The van der Waals surface area contributed by atoms with Crippen molar-refractivity contribution in [1.82, 2.24) is 20.2 Å². The molecule has 0 aliphatic rings. The summed E-state index contributed by atoms with van der Waals surface area (Å²) in [4.78, 5) is 40.3. The highest BCUT2D eigenvalue weighted by Crippen LogP contribution is 2.32. The van der Waals surface area contributed by atoms with Crippen LogP contribution in [0.4, 0.5) is 22.4 Å². The average molecular weight is 1140 g/mol. The van der Waals surface area contributed by atoms with Gasteiger partial charge >= 0.3 is 18.0 Å². The minimum Gasteiger partial charge on any atom is -0.463 e. The van der Waals surface area contributed by atoms with Crippen molar-refractivity contribution in [1.29, 1.82) is 0 Å². The van der Waals surface area contributed by atoms with Crippen LogP contribution in [-0.4, -0.2) is 140 Å². The van der Waals surface area contributed by atoms with Gasteiger partial charge in [-0.25, -0.2) is 63.7 Å². The van der Waals surface area contributed by atoms with Crippen LogP contribution < -0.4 is 29.7 Å². The molecular weight excluding hydrogens is 1080 g/mol. The first-order valence-corrected chi connectivity index (χ1v) is 27.1. The standard InChI is InChI=1S/C51H62F4N4O17S2/c1-5-72-49(60)35(3)29-37-31-43(52)47(44(53)32-37)75-39-7-11-41(12-8-39)77(63,64)57-16-19-68-22-25-70-24-21-67-18-15-56-51(62)59-74-28-27-71-26-23-69-20-17-58-78(65,66)42-13-9-40(10-14-42)76-48-45(54)33-38(34-46(48)55)30-36(4)50(61)73-6-2/h7-14,29-34,57-58H,5-6,15-28H2,1-4H3,(H2,56,59,62). The Labute approximate surface area is 449 Å². The highest BCUT2D eigenvalue weighted by Gasteiger charge is 2.19. The number of carbonyl (C=O) groups is 3. The first kappa shape index (κ1) is 64.0. The number of ether oxygens (including phenoxy) is 9. The van der Waals surface area contributed by atoms with Crippen LogP contribution in [0.2, 0.25) is 0 Å². The molecule has 0 spiro atoms. The topological polar surface area (TPSA) is 260 Å². The van der Waals surface area contributed by atoms with Crippen LogP contribution in [0.1, 0.15) is 38.8 Å². The third-order valence-corrected chi connectivity index (χ3v) is 12.9. The molecule has 4 rings (SSSR count). The minimum atomic E-state index is -3.96. The van der Waals surface area contributed by atoms with E-state index in [4.69, 9.17) is 47.5 Å². The summed E-state index contributed by atoms with van der Waals surface area (Å²) in [7, 11) is -7.90. The molecule has 0 heterocycles. The summed E-state index contributed by atoms with van der Waals surface area (Å²) in [5, 5.41) is 2.53. The number of rotatable bonds is 36. The molecule has 2 amide bonds. The number of sulfonamides is 2. The highest BCUT2D eigenvalue weighted by molar-refractivity contribution is 7.89. The Kier molecular flexibility index (Phi) is 27.6. The second-order valence-electron chi connectivity index (χ2n) is 15.9. The van der Waals surface area contributed by atoms with Gasteiger partial charge in [0.1, 0.15) is 11.5 Å². The number of urea groups is 1. The van der Waals surface area contributed by atoms with Gasteiger partial charge in [0.2, 0.25) is 20.0 Å². The lowest BCUT2D eigenvalue weighted by Gasteiger charge is -2.11. The molecule has 0 radical (unpaired) electrons. The molecule has 78 heavy (non-hydrogen) atoms. The van der Waals surface area contributed by atoms with Gasteiger partial charge in [0.15, 0.2) is 34.8 Å². The van der Waals surface area contributed by atoms with Crippen molar-refractivity contribution >= 4 is 50.2 Å². The summed E-state index contributed by atoms with van der Waals surface area (Å²) < 4.78 is 162. The molecular formula is C51H62F4N4O17S2. The fourth-order valence-corrected chi connectivity index (χ4v) is 8.28. The maximum atomic E-state index is 14.7. The van der Waals surface area contributed by atoms with E-state index in [-0.39, 0.29) is 149 Å². The number of amides is 2. The van der Waals surface area contributed by atoms with E-state index in [9.17, 15) is 48.8 Å². The number of hydrogen-bond donors (Lipinski definition) is 4. The van der Waals surface area contributed by atoms with E-state index in [1.807, 2.05) is 0 Å². The fraction of sp³-hybridized carbons (Fsp3) is 0.392. The molecule has 0 aliphatic heterocycles. The smallest absolute Gasteiger partial charge is 0.338 e. The van der Waals surface area contributed by atoms with Crippen LogP contribution in [0.25, 0.3) is 12.2 Å². The monoisotopic (exact) mass is 1140 g/mol. The van der Waals surface area contributed by atoms with Crippen LogP contribution in [0.3, 0.4) is 0 Å². The molecule has 0 unspecified atom stereocenters. The number of hydroxylamine groups is 1. The van der Waals surface area contributed by atoms with Crippen molar-refractivity contribution in [2.24, 2.45) is 0 Å². The van der Waals surface area contributed by atoms with Crippen molar-refractivity contribution in [3.8, 4) is 23.0 Å². The summed E-state index contributed by atoms with van der Waals surface area (Å²) >= 11 is 0. The van der Waals surface area contributed by atoms with E-state index in [1.165, 1.54) is 74.5 Å². The van der Waals surface area contributed by atoms with Gasteiger partial charge in [0.05, 0.1) is 95.7 Å². The van der Waals surface area contributed by atoms with Gasteiger partial charge in [-0.3, -0.25) is 4.84 Å². The van der Waals surface area contributed by atoms with E-state index in [1.54, 1.807) is 13.8 Å². The van der Waals surface area contributed by atoms with E-state index in [0.717, 1.165) is 24.3 Å². The van der Waals surface area contributed by atoms with Crippen molar-refractivity contribution in [2.75, 3.05) is 106 Å². The van der Waals surface area contributed by atoms with Gasteiger partial charge in [-0.1, -0.05) is 0 Å². The molecule has 4 aromatic rings. The van der Waals surface area contributed by atoms with Crippen molar-refractivity contribution in [3.05, 3.63) is 118 Å². The molecule has 0 saturated carbocycles. The molecule has 428 valence electrons. The largest absolute Gasteiger partial charge is 0.463 e. The number of esters is 2. The molecule has 0 bridgehead atoms. The van der Waals surface area contributed by atoms with Gasteiger partial charge in [-0.05, 0) is 124 Å².